The first-order valence-electron chi connectivity index (χ1n) is 2.97. The second-order valence-electron chi connectivity index (χ2n) is 2.32. The highest BCUT2D eigenvalue weighted by atomic mass is 16.5. The van der Waals surface area contributed by atoms with Crippen molar-refractivity contribution in [2.75, 3.05) is 13.2 Å². The second-order valence-corrected chi connectivity index (χ2v) is 2.32. The van der Waals surface area contributed by atoms with Crippen LogP contribution in [-0.2, 0) is 4.74 Å². The summed E-state index contributed by atoms with van der Waals surface area (Å²) in [7, 11) is 0. The molecule has 1 aliphatic heterocycles. The number of hydrogen-bond donors (Lipinski definition) is 0. The van der Waals surface area contributed by atoms with Gasteiger partial charge in [-0.15, -0.1) is 0 Å². The van der Waals surface area contributed by atoms with Crippen LogP contribution in [0.2, 0.25) is 0 Å². The Morgan fingerprint density at radius 3 is 2.71 bits per heavy atom. The largest absolute Gasteiger partial charge is 0.381 e. The Morgan fingerprint density at radius 1 is 1.57 bits per heavy atom. The minimum Gasteiger partial charge on any atom is -0.381 e. The first-order chi connectivity index (χ1) is 3.39. The zero-order valence-corrected chi connectivity index (χ0v) is 4.81. The summed E-state index contributed by atoms with van der Waals surface area (Å²) >= 11 is 0. The fraction of sp³-hybridized carbons (Fsp3) is 1.00. The lowest BCUT2D eigenvalue weighted by Crippen LogP contribution is -2.13. The van der Waals surface area contributed by atoms with Crippen LogP contribution in [0.3, 0.4) is 0 Å². The molecular formula is C6H12O. The Balaban J connectivity index is 2.12. The third-order valence-corrected chi connectivity index (χ3v) is 1.39. The van der Waals surface area contributed by atoms with Gasteiger partial charge in [-0.3, -0.25) is 0 Å². The molecular weight excluding hydrogens is 88.1 g/mol. The van der Waals surface area contributed by atoms with Crippen LogP contribution in [0.5, 0.6) is 0 Å². The van der Waals surface area contributed by atoms with Crippen LogP contribution in [0, 0.1) is 5.92 Å². The summed E-state index contributed by atoms with van der Waals surface area (Å²) in [4.78, 5) is 0. The quantitative estimate of drug-likeness (QED) is 0.447. The average molecular weight is 100 g/mol. The lowest BCUT2D eigenvalue weighted by Gasteiger charge is -2.16. The summed E-state index contributed by atoms with van der Waals surface area (Å²) in [5.74, 6) is 0.814. The number of hydrogen-bond acceptors (Lipinski definition) is 1. The molecule has 0 aromatic heterocycles. The maximum Gasteiger partial charge on any atom is 0.0491 e. The summed E-state index contributed by atoms with van der Waals surface area (Å²) in [6.07, 6.45) is 2.63. The predicted octanol–water partition coefficient (Wildman–Crippen LogP) is 1.43. The first-order valence-corrected chi connectivity index (χ1v) is 2.97. The van der Waals surface area contributed by atoms with E-state index in [2.05, 4.69) is 6.92 Å². The van der Waals surface area contributed by atoms with Gasteiger partial charge in [0.2, 0.25) is 0 Å². The third-order valence-electron chi connectivity index (χ3n) is 1.39. The molecule has 0 bridgehead atoms. The fourth-order valence-electron chi connectivity index (χ4n) is 0.902. The summed E-state index contributed by atoms with van der Waals surface area (Å²) in [5, 5.41) is 0. The van der Waals surface area contributed by atoms with E-state index in [9.17, 15) is 0 Å². The standard InChI is InChI=1S/C6H12O/c1-6-3-2-4-7-5-6/h6H,2-5H2,1H3/t6-/m1/s1. The Bertz CT molecular complexity index is 46.1. The van der Waals surface area contributed by atoms with Gasteiger partial charge in [-0.1, -0.05) is 6.92 Å². The van der Waals surface area contributed by atoms with Crippen molar-refractivity contribution in [1.82, 2.24) is 0 Å². The van der Waals surface area contributed by atoms with Crippen molar-refractivity contribution >= 4 is 0 Å². The van der Waals surface area contributed by atoms with Crippen molar-refractivity contribution in [2.24, 2.45) is 5.92 Å². The molecule has 0 unspecified atom stereocenters. The van der Waals surface area contributed by atoms with Gasteiger partial charge in [0.1, 0.15) is 0 Å². The van der Waals surface area contributed by atoms with Crippen LogP contribution >= 0.6 is 0 Å². The van der Waals surface area contributed by atoms with Crippen LogP contribution in [-0.4, -0.2) is 13.2 Å². The maximum atomic E-state index is 5.18. The monoisotopic (exact) mass is 100 g/mol. The smallest absolute Gasteiger partial charge is 0.0491 e. The molecule has 0 N–H and O–H groups in total. The molecule has 0 aliphatic carbocycles. The molecule has 1 atom stereocenters. The Labute approximate surface area is 44.7 Å². The van der Waals surface area contributed by atoms with E-state index in [1.165, 1.54) is 12.8 Å². The van der Waals surface area contributed by atoms with Crippen LogP contribution in [0.15, 0.2) is 0 Å². The van der Waals surface area contributed by atoms with Gasteiger partial charge in [0, 0.05) is 13.2 Å². The molecule has 0 saturated carbocycles. The van der Waals surface area contributed by atoms with Crippen LogP contribution in [0.25, 0.3) is 0 Å². The molecule has 42 valence electrons. The zero-order chi connectivity index (χ0) is 5.11. The summed E-state index contributed by atoms with van der Waals surface area (Å²) in [6, 6.07) is 0. The summed E-state index contributed by atoms with van der Waals surface area (Å²) < 4.78 is 5.18. The molecule has 1 rings (SSSR count). The van der Waals surface area contributed by atoms with E-state index in [-0.39, 0.29) is 0 Å². The lowest BCUT2D eigenvalue weighted by atomic mass is 10.1. The Morgan fingerprint density at radius 2 is 2.43 bits per heavy atom. The molecule has 0 spiro atoms. The normalized spacial score (nSPS) is 33.0. The van der Waals surface area contributed by atoms with Gasteiger partial charge in [0.05, 0.1) is 0 Å². The molecule has 0 aromatic carbocycles. The van der Waals surface area contributed by atoms with Crippen LogP contribution in [0.1, 0.15) is 19.8 Å². The lowest BCUT2D eigenvalue weighted by molar-refractivity contribution is 0.0616. The summed E-state index contributed by atoms with van der Waals surface area (Å²) in [5.41, 5.74) is 0. The molecule has 1 nitrogen and oxygen atoms in total. The zero-order valence-electron chi connectivity index (χ0n) is 4.81. The highest BCUT2D eigenvalue weighted by molar-refractivity contribution is 4.55. The van der Waals surface area contributed by atoms with Crippen molar-refractivity contribution in [1.29, 1.82) is 0 Å². The number of rotatable bonds is 0. The SMILES string of the molecule is C[C@@H]1CCCOC1. The van der Waals surface area contributed by atoms with E-state index in [1.54, 1.807) is 0 Å². The van der Waals surface area contributed by atoms with E-state index >= 15 is 0 Å². The van der Waals surface area contributed by atoms with Crippen LogP contribution in [0.4, 0.5) is 0 Å². The molecule has 1 fully saturated rings. The third kappa shape index (κ3) is 1.48. The van der Waals surface area contributed by atoms with Gasteiger partial charge in [-0.25, -0.2) is 0 Å². The predicted molar refractivity (Wildman–Crippen MR) is 29.2 cm³/mol. The highest BCUT2D eigenvalue weighted by Gasteiger charge is 2.06. The maximum absolute atomic E-state index is 5.18. The molecule has 0 radical (unpaired) electrons. The average Bonchev–Trinajstić information content (AvgIpc) is 1.69. The van der Waals surface area contributed by atoms with E-state index in [4.69, 9.17) is 4.74 Å². The fourth-order valence-corrected chi connectivity index (χ4v) is 0.902. The van der Waals surface area contributed by atoms with E-state index in [0.717, 1.165) is 19.1 Å². The van der Waals surface area contributed by atoms with Gasteiger partial charge >= 0.3 is 0 Å². The van der Waals surface area contributed by atoms with E-state index in [0.29, 0.717) is 0 Å². The molecule has 1 heteroatoms. The molecule has 1 heterocycles. The Kier molecular flexibility index (Phi) is 1.69. The van der Waals surface area contributed by atoms with E-state index in [1.807, 2.05) is 0 Å². The molecule has 7 heavy (non-hydrogen) atoms. The van der Waals surface area contributed by atoms with Gasteiger partial charge < -0.3 is 4.74 Å². The Hall–Kier alpha value is -0.0400. The van der Waals surface area contributed by atoms with Crippen LogP contribution < -0.4 is 0 Å². The van der Waals surface area contributed by atoms with Crippen molar-refractivity contribution in [3.63, 3.8) is 0 Å². The highest BCUT2D eigenvalue weighted by Crippen LogP contribution is 2.10. The second kappa shape index (κ2) is 2.31. The minimum absolute atomic E-state index is 0.814. The van der Waals surface area contributed by atoms with Crippen molar-refractivity contribution < 1.29 is 4.74 Å². The van der Waals surface area contributed by atoms with E-state index < -0.39 is 0 Å². The van der Waals surface area contributed by atoms with Gasteiger partial charge in [0.25, 0.3) is 0 Å². The minimum atomic E-state index is 0.814. The molecule has 1 saturated heterocycles. The molecule has 0 amide bonds. The number of ether oxygens (including phenoxy) is 1. The topological polar surface area (TPSA) is 9.23 Å². The van der Waals surface area contributed by atoms with Gasteiger partial charge in [-0.05, 0) is 18.8 Å². The van der Waals surface area contributed by atoms with Gasteiger partial charge in [0.15, 0.2) is 0 Å². The van der Waals surface area contributed by atoms with Crippen molar-refractivity contribution in [2.45, 2.75) is 19.8 Å². The first kappa shape index (κ1) is 5.10. The molecule has 0 aromatic rings. The summed E-state index contributed by atoms with van der Waals surface area (Å²) in [6.45, 7) is 4.21. The van der Waals surface area contributed by atoms with Crippen molar-refractivity contribution in [3.05, 3.63) is 0 Å². The molecule has 1 aliphatic rings. The van der Waals surface area contributed by atoms with Gasteiger partial charge in [-0.2, -0.15) is 0 Å². The van der Waals surface area contributed by atoms with Crippen molar-refractivity contribution in [3.8, 4) is 0 Å².